The molecular formula is C24H36N4O3. The van der Waals surface area contributed by atoms with E-state index in [9.17, 15) is 9.59 Å². The molecule has 0 saturated carbocycles. The van der Waals surface area contributed by atoms with Gasteiger partial charge < -0.3 is 24.4 Å². The number of hydrogen-bond acceptors (Lipinski definition) is 3. The lowest BCUT2D eigenvalue weighted by atomic mass is 10.1. The van der Waals surface area contributed by atoms with E-state index in [2.05, 4.69) is 5.32 Å². The van der Waals surface area contributed by atoms with E-state index in [0.717, 1.165) is 22.5 Å². The molecule has 1 aromatic carbocycles. The molecule has 170 valence electrons. The highest BCUT2D eigenvalue weighted by atomic mass is 16.5. The predicted molar refractivity (Wildman–Crippen MR) is 124 cm³/mol. The fraction of sp³-hybridized carbons (Fsp3) is 0.500. The number of carbonyl (C=O) groups excluding carboxylic acids is 2. The summed E-state index contributed by atoms with van der Waals surface area (Å²) >= 11 is 0. The number of methoxy groups -OCH3 is 1. The minimum atomic E-state index is -0.259. The van der Waals surface area contributed by atoms with Crippen LogP contribution in [0.25, 0.3) is 0 Å². The number of anilines is 1. The first kappa shape index (κ1) is 24.5. The molecule has 0 aliphatic heterocycles. The van der Waals surface area contributed by atoms with E-state index < -0.39 is 0 Å². The number of aromatic nitrogens is 1. The molecule has 7 heteroatoms. The van der Waals surface area contributed by atoms with Gasteiger partial charge in [0.2, 0.25) is 5.91 Å². The number of nitrogens with zero attached hydrogens (tertiary/aromatic N) is 3. The molecule has 2 aromatic rings. The summed E-state index contributed by atoms with van der Waals surface area (Å²) in [5.41, 5.74) is 3.82. The molecule has 0 fully saturated rings. The molecule has 31 heavy (non-hydrogen) atoms. The van der Waals surface area contributed by atoms with Gasteiger partial charge in [0.1, 0.15) is 6.54 Å². The maximum absolute atomic E-state index is 13.2. The van der Waals surface area contributed by atoms with Gasteiger partial charge in [0.25, 0.3) is 0 Å². The van der Waals surface area contributed by atoms with E-state index in [1.165, 1.54) is 0 Å². The fourth-order valence-corrected chi connectivity index (χ4v) is 3.47. The number of nitrogens with one attached hydrogen (secondary N) is 1. The molecule has 0 aliphatic carbocycles. The highest BCUT2D eigenvalue weighted by molar-refractivity contribution is 5.93. The van der Waals surface area contributed by atoms with Crippen LogP contribution in [0.2, 0.25) is 0 Å². The smallest absolute Gasteiger partial charge is 0.322 e. The molecule has 0 bridgehead atoms. The molecule has 7 nitrogen and oxygen atoms in total. The normalized spacial score (nSPS) is 10.9. The van der Waals surface area contributed by atoms with Crippen molar-refractivity contribution in [3.63, 3.8) is 0 Å². The second-order valence-electron chi connectivity index (χ2n) is 8.39. The lowest BCUT2D eigenvalue weighted by molar-refractivity contribution is -0.133. The Bertz CT molecular complexity index is 855. The number of ether oxygens (including phenoxy) is 1. The zero-order valence-electron chi connectivity index (χ0n) is 19.6. The van der Waals surface area contributed by atoms with E-state index in [4.69, 9.17) is 4.74 Å². The number of urea groups is 1. The van der Waals surface area contributed by atoms with Crippen LogP contribution < -0.4 is 5.32 Å². The van der Waals surface area contributed by atoms with Gasteiger partial charge in [0.05, 0.1) is 13.2 Å². The van der Waals surface area contributed by atoms with E-state index in [1.54, 1.807) is 16.9 Å². The van der Waals surface area contributed by atoms with Crippen molar-refractivity contribution < 1.29 is 14.3 Å². The number of carbonyl (C=O) groups is 2. The molecule has 0 aliphatic rings. The van der Waals surface area contributed by atoms with Crippen LogP contribution in [0.15, 0.2) is 36.5 Å². The van der Waals surface area contributed by atoms with Crippen LogP contribution in [0.4, 0.5) is 10.5 Å². The van der Waals surface area contributed by atoms with Gasteiger partial charge in [-0.15, -0.1) is 0 Å². The average molecular weight is 429 g/mol. The Hall–Kier alpha value is -2.80. The summed E-state index contributed by atoms with van der Waals surface area (Å²) in [6.45, 7) is 9.89. The summed E-state index contributed by atoms with van der Waals surface area (Å²) in [7, 11) is 3.57. The quantitative estimate of drug-likeness (QED) is 0.626. The van der Waals surface area contributed by atoms with Crippen LogP contribution in [0, 0.1) is 19.8 Å². The Kier molecular flexibility index (Phi) is 9.12. The Morgan fingerprint density at radius 1 is 1.10 bits per heavy atom. The van der Waals surface area contributed by atoms with Crippen molar-refractivity contribution in [3.8, 4) is 0 Å². The van der Waals surface area contributed by atoms with Gasteiger partial charge in [-0.25, -0.2) is 4.79 Å². The molecule has 0 radical (unpaired) electrons. The van der Waals surface area contributed by atoms with Crippen molar-refractivity contribution in [1.82, 2.24) is 14.4 Å². The minimum absolute atomic E-state index is 0.0169. The molecular weight excluding hydrogens is 392 g/mol. The lowest BCUT2D eigenvalue weighted by Gasteiger charge is -2.29. The second-order valence-corrected chi connectivity index (χ2v) is 8.39. The second kappa shape index (κ2) is 11.6. The van der Waals surface area contributed by atoms with Crippen molar-refractivity contribution in [2.75, 3.05) is 38.7 Å². The van der Waals surface area contributed by atoms with Gasteiger partial charge in [-0.2, -0.15) is 0 Å². The van der Waals surface area contributed by atoms with Gasteiger partial charge in [0.15, 0.2) is 0 Å². The van der Waals surface area contributed by atoms with Crippen LogP contribution in [0.3, 0.4) is 0 Å². The number of hydrogen-bond donors (Lipinski definition) is 1. The first-order valence-electron chi connectivity index (χ1n) is 10.7. The summed E-state index contributed by atoms with van der Waals surface area (Å²) in [5, 5.41) is 3.01. The summed E-state index contributed by atoms with van der Waals surface area (Å²) in [4.78, 5) is 29.7. The molecule has 1 heterocycles. The Labute approximate surface area is 186 Å². The monoisotopic (exact) mass is 428 g/mol. The summed E-state index contributed by atoms with van der Waals surface area (Å²) in [6.07, 6.45) is 1.96. The van der Waals surface area contributed by atoms with E-state index in [0.29, 0.717) is 26.2 Å². The fourth-order valence-electron chi connectivity index (χ4n) is 3.47. The molecule has 2 rings (SSSR count). The highest BCUT2D eigenvalue weighted by Gasteiger charge is 2.23. The lowest BCUT2D eigenvalue weighted by Crippen LogP contribution is -2.46. The van der Waals surface area contributed by atoms with E-state index >= 15 is 0 Å². The van der Waals surface area contributed by atoms with Crippen molar-refractivity contribution in [1.29, 1.82) is 0 Å². The maximum atomic E-state index is 13.2. The highest BCUT2D eigenvalue weighted by Crippen LogP contribution is 2.20. The molecule has 1 aromatic heterocycles. The summed E-state index contributed by atoms with van der Waals surface area (Å²) < 4.78 is 7.19. The predicted octanol–water partition coefficient (Wildman–Crippen LogP) is 3.81. The van der Waals surface area contributed by atoms with Crippen LogP contribution in [-0.2, 0) is 23.1 Å². The maximum Gasteiger partial charge on any atom is 0.322 e. The largest absolute Gasteiger partial charge is 0.383 e. The number of rotatable bonds is 10. The zero-order valence-corrected chi connectivity index (χ0v) is 19.6. The van der Waals surface area contributed by atoms with Crippen LogP contribution in [0.1, 0.15) is 30.7 Å². The topological polar surface area (TPSA) is 66.8 Å². The Morgan fingerprint density at radius 3 is 2.32 bits per heavy atom. The number of amides is 3. The van der Waals surface area contributed by atoms with Gasteiger partial charge >= 0.3 is 6.03 Å². The van der Waals surface area contributed by atoms with Crippen molar-refractivity contribution in [2.45, 2.75) is 34.2 Å². The van der Waals surface area contributed by atoms with Crippen molar-refractivity contribution in [2.24, 2.45) is 13.0 Å². The summed E-state index contributed by atoms with van der Waals surface area (Å²) in [5.74, 6) is 0.132. The molecule has 0 spiro atoms. The SMILES string of the molecule is COCCN(Cc1cccn1C)C(=O)CN(CC(C)C)C(=O)Nc1c(C)cccc1C. The molecule has 3 amide bonds. The number of benzene rings is 1. The van der Waals surface area contributed by atoms with Gasteiger partial charge in [-0.1, -0.05) is 32.0 Å². The molecule has 0 saturated heterocycles. The van der Waals surface area contributed by atoms with Gasteiger partial charge in [-0.05, 0) is 43.0 Å². The minimum Gasteiger partial charge on any atom is -0.383 e. The standard InChI is InChI=1S/C24H36N4O3/c1-18(2)15-28(24(30)25-23-19(3)9-7-10-20(23)4)17-22(29)27(13-14-31-6)16-21-11-8-12-26(21)5/h7-12,18H,13-17H2,1-6H3,(H,25,30). The van der Waals surface area contributed by atoms with Crippen molar-refractivity contribution >= 4 is 17.6 Å². The third kappa shape index (κ3) is 7.14. The third-order valence-corrected chi connectivity index (χ3v) is 5.23. The first-order chi connectivity index (χ1) is 14.7. The van der Waals surface area contributed by atoms with E-state index in [-0.39, 0.29) is 24.4 Å². The Balaban J connectivity index is 2.16. The van der Waals surface area contributed by atoms with Crippen LogP contribution in [-0.4, -0.2) is 59.7 Å². The van der Waals surface area contributed by atoms with E-state index in [1.807, 2.05) is 75.8 Å². The summed E-state index contributed by atoms with van der Waals surface area (Å²) in [6, 6.07) is 9.58. The van der Waals surface area contributed by atoms with Gasteiger partial charge in [0, 0.05) is 44.8 Å². The number of aryl methyl sites for hydroxylation is 3. The van der Waals surface area contributed by atoms with Crippen molar-refractivity contribution in [3.05, 3.63) is 53.3 Å². The molecule has 0 unspecified atom stereocenters. The Morgan fingerprint density at radius 2 is 1.77 bits per heavy atom. The molecule has 1 N–H and O–H groups in total. The van der Waals surface area contributed by atoms with Crippen LogP contribution in [0.5, 0.6) is 0 Å². The average Bonchev–Trinajstić information content (AvgIpc) is 3.11. The van der Waals surface area contributed by atoms with Crippen LogP contribution >= 0.6 is 0 Å². The number of para-hydroxylation sites is 1. The molecule has 0 atom stereocenters. The van der Waals surface area contributed by atoms with Gasteiger partial charge in [-0.3, -0.25) is 4.79 Å². The third-order valence-electron chi connectivity index (χ3n) is 5.23. The first-order valence-corrected chi connectivity index (χ1v) is 10.7. The zero-order chi connectivity index (χ0) is 23.0.